The molecule has 4 aromatic rings. The number of carbonyl (C=O) groups is 4. The average Bonchev–Trinajstić information content (AvgIpc) is 3.85. The molecule has 1 heterocycles. The number of fused-ring (bicyclic) bond motifs is 1. The number of carbonyl (C=O) groups excluding carboxylic acids is 3. The maximum absolute atomic E-state index is 13.9. The van der Waals surface area contributed by atoms with E-state index in [0.29, 0.717) is 29.0 Å². The molecule has 2 N–H and O–H groups in total. The molecule has 1 fully saturated rings. The minimum Gasteiger partial charge on any atom is -0.478 e. The van der Waals surface area contributed by atoms with Gasteiger partial charge in [-0.1, -0.05) is 43.3 Å². The Labute approximate surface area is 307 Å². The van der Waals surface area contributed by atoms with E-state index in [1.165, 1.54) is 33.8 Å². The quantitative estimate of drug-likeness (QED) is 0.0989. The summed E-state index contributed by atoms with van der Waals surface area (Å²) in [5.74, 6) is -2.10. The third-order valence-electron chi connectivity index (χ3n) is 9.80. The molecule has 0 saturated heterocycles. The summed E-state index contributed by atoms with van der Waals surface area (Å²) < 4.78 is 34.1. The summed E-state index contributed by atoms with van der Waals surface area (Å²) in [6, 6.07) is 20.3. The number of hydrogen-bond donors (Lipinski definition) is 2. The average molecular weight is 743 g/mol. The number of nitrogens with one attached hydrogen (secondary N) is 1. The summed E-state index contributed by atoms with van der Waals surface area (Å²) in [6.07, 6.45) is 5.73. The highest BCUT2D eigenvalue weighted by Crippen LogP contribution is 2.45. The van der Waals surface area contributed by atoms with Crippen LogP contribution in [0.5, 0.6) is 0 Å². The lowest BCUT2D eigenvalue weighted by atomic mass is 9.93. The minimum atomic E-state index is -4.12. The number of likely N-dealkylation sites (N-methyl/N-ethyl adjacent to an activating group) is 1. The number of thiophene rings is 1. The Hall–Kier alpha value is -4.65. The molecule has 0 atom stereocenters. The van der Waals surface area contributed by atoms with Crippen molar-refractivity contribution in [2.24, 2.45) is 0 Å². The summed E-state index contributed by atoms with van der Waals surface area (Å²) in [7, 11) is -4.12. The van der Waals surface area contributed by atoms with Crippen molar-refractivity contribution in [3.63, 3.8) is 0 Å². The van der Waals surface area contributed by atoms with Crippen LogP contribution >= 0.6 is 11.3 Å². The van der Waals surface area contributed by atoms with Gasteiger partial charge in [-0.15, -0.1) is 11.3 Å². The highest BCUT2D eigenvalue weighted by Gasteiger charge is 2.59. The second kappa shape index (κ2) is 15.5. The number of rotatable bonds is 15. The zero-order valence-corrected chi connectivity index (χ0v) is 30.9. The molecule has 1 aromatic heterocycles. The molecule has 1 saturated carbocycles. The molecule has 3 aromatic carbocycles. The number of esters is 1. The molecule has 12 heteroatoms. The maximum Gasteiger partial charge on any atom is 0.335 e. The largest absolute Gasteiger partial charge is 0.478 e. The SMILES string of the molecule is CCOC(=O)C1(N(CC)S(=O)(=O)c2cccc(C(=O)Cc3sc4c(c3C(=O)Nc3ccc(CCc5ccc(C(=O)O)cc5)cc3)CCCC4)c2)CC1. The second-order valence-corrected chi connectivity index (χ2v) is 16.3. The summed E-state index contributed by atoms with van der Waals surface area (Å²) >= 11 is 1.48. The van der Waals surface area contributed by atoms with Crippen LogP contribution in [0.2, 0.25) is 0 Å². The van der Waals surface area contributed by atoms with Gasteiger partial charge in [-0.3, -0.25) is 14.4 Å². The first kappa shape index (κ1) is 37.1. The Morgan fingerprint density at radius 3 is 2.15 bits per heavy atom. The number of aryl methyl sites for hydroxylation is 3. The lowest BCUT2D eigenvalue weighted by Crippen LogP contribution is -2.47. The number of aromatic carboxylic acids is 1. The van der Waals surface area contributed by atoms with E-state index in [2.05, 4.69) is 5.32 Å². The van der Waals surface area contributed by atoms with Gasteiger partial charge in [0.2, 0.25) is 10.0 Å². The van der Waals surface area contributed by atoms with Crippen molar-refractivity contribution in [3.8, 4) is 0 Å². The monoisotopic (exact) mass is 742 g/mol. The van der Waals surface area contributed by atoms with Crippen LogP contribution in [0.4, 0.5) is 5.69 Å². The first-order valence-electron chi connectivity index (χ1n) is 17.7. The van der Waals surface area contributed by atoms with Gasteiger partial charge in [-0.2, -0.15) is 4.31 Å². The molecule has 0 bridgehead atoms. The van der Waals surface area contributed by atoms with Crippen LogP contribution in [0, 0.1) is 0 Å². The van der Waals surface area contributed by atoms with Gasteiger partial charge in [0.15, 0.2) is 5.78 Å². The highest BCUT2D eigenvalue weighted by atomic mass is 32.2. The van der Waals surface area contributed by atoms with Crippen molar-refractivity contribution in [1.29, 1.82) is 0 Å². The van der Waals surface area contributed by atoms with Crippen molar-refractivity contribution in [2.75, 3.05) is 18.5 Å². The van der Waals surface area contributed by atoms with Crippen LogP contribution in [0.25, 0.3) is 0 Å². The number of anilines is 1. The van der Waals surface area contributed by atoms with E-state index in [-0.39, 0.29) is 47.3 Å². The summed E-state index contributed by atoms with van der Waals surface area (Å²) in [5, 5.41) is 12.1. The van der Waals surface area contributed by atoms with Crippen LogP contribution < -0.4 is 5.32 Å². The Morgan fingerprint density at radius 1 is 0.885 bits per heavy atom. The van der Waals surface area contributed by atoms with E-state index >= 15 is 0 Å². The molecule has 0 radical (unpaired) electrons. The van der Waals surface area contributed by atoms with Crippen molar-refractivity contribution < 1.29 is 37.4 Å². The molecule has 272 valence electrons. The number of carboxylic acid groups (broad SMARTS) is 1. The van der Waals surface area contributed by atoms with Crippen LogP contribution in [0.3, 0.4) is 0 Å². The molecular formula is C40H42N2O8S2. The predicted octanol–water partition coefficient (Wildman–Crippen LogP) is 6.89. The Kier molecular flexibility index (Phi) is 11.1. The predicted molar refractivity (Wildman–Crippen MR) is 199 cm³/mol. The number of ketones is 1. The number of amides is 1. The lowest BCUT2D eigenvalue weighted by molar-refractivity contribution is -0.149. The van der Waals surface area contributed by atoms with Gasteiger partial charge in [-0.05, 0) is 111 Å². The fourth-order valence-electron chi connectivity index (χ4n) is 6.91. The molecule has 0 unspecified atom stereocenters. The van der Waals surface area contributed by atoms with Crippen molar-refractivity contribution in [3.05, 3.63) is 116 Å². The smallest absolute Gasteiger partial charge is 0.335 e. The lowest BCUT2D eigenvalue weighted by Gasteiger charge is -2.28. The summed E-state index contributed by atoms with van der Waals surface area (Å²) in [5.41, 5.74) is 3.47. The van der Waals surface area contributed by atoms with Crippen molar-refractivity contribution in [1.82, 2.24) is 4.31 Å². The number of sulfonamides is 1. The number of Topliss-reactive ketones (excluding diaryl/α,β-unsaturated/α-hetero) is 1. The van der Waals surface area contributed by atoms with Crippen LogP contribution in [-0.4, -0.2) is 60.1 Å². The van der Waals surface area contributed by atoms with Gasteiger partial charge in [0.1, 0.15) is 5.54 Å². The van der Waals surface area contributed by atoms with E-state index in [4.69, 9.17) is 9.84 Å². The Balaban J connectivity index is 1.17. The molecule has 52 heavy (non-hydrogen) atoms. The van der Waals surface area contributed by atoms with E-state index in [1.54, 1.807) is 32.0 Å². The normalized spacial score (nSPS) is 14.8. The first-order chi connectivity index (χ1) is 25.0. The van der Waals surface area contributed by atoms with E-state index in [9.17, 15) is 27.6 Å². The van der Waals surface area contributed by atoms with Crippen LogP contribution in [-0.2, 0) is 51.7 Å². The Morgan fingerprint density at radius 2 is 1.54 bits per heavy atom. The number of ether oxygens (including phenoxy) is 1. The third-order valence-corrected chi connectivity index (χ3v) is 13.1. The second-order valence-electron chi connectivity index (χ2n) is 13.2. The zero-order chi connectivity index (χ0) is 37.0. The van der Waals surface area contributed by atoms with Gasteiger partial charge in [0, 0.05) is 34.0 Å². The van der Waals surface area contributed by atoms with Gasteiger partial charge < -0.3 is 15.2 Å². The van der Waals surface area contributed by atoms with Gasteiger partial charge in [0.05, 0.1) is 22.6 Å². The number of carboxylic acids is 1. The molecule has 1 amide bonds. The first-order valence-corrected chi connectivity index (χ1v) is 19.9. The zero-order valence-electron chi connectivity index (χ0n) is 29.3. The molecule has 2 aliphatic rings. The number of nitrogens with zero attached hydrogens (tertiary/aromatic N) is 1. The topological polar surface area (TPSA) is 147 Å². The van der Waals surface area contributed by atoms with Crippen LogP contribution in [0.15, 0.2) is 77.7 Å². The van der Waals surface area contributed by atoms with Gasteiger partial charge >= 0.3 is 11.9 Å². The minimum absolute atomic E-state index is 0.0550. The number of benzene rings is 3. The van der Waals surface area contributed by atoms with Crippen molar-refractivity contribution >= 4 is 50.7 Å². The fourth-order valence-corrected chi connectivity index (χ4v) is 10.1. The summed E-state index contributed by atoms with van der Waals surface area (Å²) in [4.78, 5) is 53.2. The van der Waals surface area contributed by atoms with E-state index in [0.717, 1.165) is 60.1 Å². The highest BCUT2D eigenvalue weighted by molar-refractivity contribution is 7.89. The molecule has 10 nitrogen and oxygen atoms in total. The summed E-state index contributed by atoms with van der Waals surface area (Å²) in [6.45, 7) is 3.59. The molecule has 6 rings (SSSR count). The molecular weight excluding hydrogens is 701 g/mol. The van der Waals surface area contributed by atoms with E-state index < -0.39 is 27.5 Å². The molecule has 0 spiro atoms. The van der Waals surface area contributed by atoms with E-state index in [1.807, 2.05) is 36.4 Å². The van der Waals surface area contributed by atoms with Crippen molar-refractivity contribution in [2.45, 2.75) is 82.1 Å². The Bertz CT molecular complexity index is 2100. The third kappa shape index (κ3) is 7.74. The fraction of sp³-hybridized carbons (Fsp3) is 0.350. The van der Waals surface area contributed by atoms with Gasteiger partial charge in [-0.25, -0.2) is 13.2 Å². The molecule has 0 aliphatic heterocycles. The standard InChI is InChI=1S/C40H42N2O8S2/c1-3-42(40(22-23-40)39(47)50-4-2)52(48,49)31-9-7-8-29(24-31)33(43)25-35-36(32-10-5-6-11-34(32)51-35)37(44)41-30-20-16-27(17-21-30)13-12-26-14-18-28(19-15-26)38(45)46/h7-9,14-21,24H,3-6,10-13,22-23,25H2,1-2H3,(H,41,44)(H,45,46). The number of hydrogen-bond acceptors (Lipinski definition) is 8. The maximum atomic E-state index is 13.9. The molecule has 2 aliphatic carbocycles. The van der Waals surface area contributed by atoms with Gasteiger partial charge in [0.25, 0.3) is 5.91 Å². The van der Waals surface area contributed by atoms with Crippen LogP contribution in [0.1, 0.15) is 97.0 Å².